The van der Waals surface area contributed by atoms with Crippen LogP contribution >= 0.6 is 0 Å². The van der Waals surface area contributed by atoms with Crippen LogP contribution in [0, 0.1) is 0 Å². The lowest BCUT2D eigenvalue weighted by atomic mass is 10.2. The highest BCUT2D eigenvalue weighted by Gasteiger charge is 2.21. The third kappa shape index (κ3) is 5.13. The Hall–Kier alpha value is -2.28. The van der Waals surface area contributed by atoms with Gasteiger partial charge in [0.1, 0.15) is 5.75 Å². The van der Waals surface area contributed by atoms with E-state index >= 15 is 0 Å². The van der Waals surface area contributed by atoms with Crippen LogP contribution < -0.4 is 20.3 Å². The van der Waals surface area contributed by atoms with E-state index in [1.54, 1.807) is 7.11 Å². The van der Waals surface area contributed by atoms with Crippen molar-refractivity contribution in [1.29, 1.82) is 0 Å². The first-order valence-corrected chi connectivity index (χ1v) is 8.27. The molecule has 1 fully saturated rings. The zero-order chi connectivity index (χ0) is 17.4. The Bertz CT molecular complexity index is 557. The Morgan fingerprint density at radius 3 is 2.46 bits per heavy atom. The van der Waals surface area contributed by atoms with Gasteiger partial charge in [0.25, 0.3) is 0 Å². The molecule has 0 saturated carbocycles. The molecule has 0 spiro atoms. The molecule has 0 aromatic heterocycles. The van der Waals surface area contributed by atoms with E-state index < -0.39 is 0 Å². The number of benzene rings is 1. The first kappa shape index (κ1) is 18.1. The molecule has 1 heterocycles. The summed E-state index contributed by atoms with van der Waals surface area (Å²) in [4.78, 5) is 27.6. The van der Waals surface area contributed by atoms with Crippen LogP contribution in [0.25, 0.3) is 0 Å². The number of rotatable bonds is 7. The fraction of sp³-hybridized carbons (Fsp3) is 0.529. The molecule has 132 valence electrons. The zero-order valence-electron chi connectivity index (χ0n) is 14.4. The minimum atomic E-state index is -0.160. The largest absolute Gasteiger partial charge is 0.495 e. The van der Waals surface area contributed by atoms with E-state index in [1.165, 1.54) is 0 Å². The number of nitrogens with one attached hydrogen (secondary N) is 2. The molecule has 2 N–H and O–H groups in total. The summed E-state index contributed by atoms with van der Waals surface area (Å²) >= 11 is 0. The highest BCUT2D eigenvalue weighted by molar-refractivity contribution is 5.85. The normalized spacial score (nSPS) is 15.0. The van der Waals surface area contributed by atoms with Crippen LogP contribution in [0.15, 0.2) is 24.3 Å². The number of ether oxygens (including phenoxy) is 1. The number of likely N-dealkylation sites (N-methyl/N-ethyl adjacent to an activating group) is 1. The second-order valence-corrected chi connectivity index (χ2v) is 5.67. The molecular weight excluding hydrogens is 308 g/mol. The molecule has 0 radical (unpaired) electrons. The number of nitrogens with zero attached hydrogens (tertiary/aromatic N) is 2. The predicted octanol–water partition coefficient (Wildman–Crippen LogP) is 0.0695. The number of carbonyl (C=O) groups excluding carboxylic acids is 2. The number of hydrogen-bond acceptors (Lipinski definition) is 5. The van der Waals surface area contributed by atoms with Gasteiger partial charge in [-0.3, -0.25) is 14.5 Å². The van der Waals surface area contributed by atoms with Gasteiger partial charge in [-0.2, -0.15) is 0 Å². The Kier molecular flexibility index (Phi) is 6.87. The van der Waals surface area contributed by atoms with Gasteiger partial charge in [0, 0.05) is 32.7 Å². The molecule has 2 amide bonds. The summed E-state index contributed by atoms with van der Waals surface area (Å²) in [6.45, 7) is 6.04. The number of para-hydroxylation sites is 2. The van der Waals surface area contributed by atoms with Crippen molar-refractivity contribution in [3.63, 3.8) is 0 Å². The Morgan fingerprint density at radius 2 is 1.79 bits per heavy atom. The first-order chi connectivity index (χ1) is 11.6. The number of amides is 2. The maximum atomic E-state index is 11.9. The van der Waals surface area contributed by atoms with Gasteiger partial charge < -0.3 is 20.3 Å². The molecule has 1 aliphatic heterocycles. The highest BCUT2D eigenvalue weighted by atomic mass is 16.5. The maximum absolute atomic E-state index is 11.9. The van der Waals surface area contributed by atoms with Gasteiger partial charge in [-0.15, -0.1) is 0 Å². The lowest BCUT2D eigenvalue weighted by Crippen LogP contribution is -2.50. The van der Waals surface area contributed by atoms with Crippen LogP contribution in [0.2, 0.25) is 0 Å². The average molecular weight is 334 g/mol. The van der Waals surface area contributed by atoms with Crippen LogP contribution in [0.3, 0.4) is 0 Å². The SMILES string of the molecule is CCNC(=O)CNC(=O)CN1CCN(c2ccccc2OC)CC1. The minimum Gasteiger partial charge on any atom is -0.495 e. The Morgan fingerprint density at radius 1 is 1.08 bits per heavy atom. The van der Waals surface area contributed by atoms with Crippen LogP contribution in [0.5, 0.6) is 5.75 Å². The molecule has 1 aromatic rings. The van der Waals surface area contributed by atoms with Crippen molar-refractivity contribution >= 4 is 17.5 Å². The summed E-state index contributed by atoms with van der Waals surface area (Å²) in [6.07, 6.45) is 0. The van der Waals surface area contributed by atoms with Gasteiger partial charge in [-0.25, -0.2) is 0 Å². The fourth-order valence-corrected chi connectivity index (χ4v) is 2.74. The van der Waals surface area contributed by atoms with Crippen molar-refractivity contribution in [2.24, 2.45) is 0 Å². The molecule has 1 aliphatic rings. The first-order valence-electron chi connectivity index (χ1n) is 8.27. The van der Waals surface area contributed by atoms with Crippen molar-refractivity contribution in [3.05, 3.63) is 24.3 Å². The summed E-state index contributed by atoms with van der Waals surface area (Å²) in [7, 11) is 1.67. The number of methoxy groups -OCH3 is 1. The van der Waals surface area contributed by atoms with E-state index in [2.05, 4.69) is 20.4 Å². The molecule has 7 heteroatoms. The number of anilines is 1. The second-order valence-electron chi connectivity index (χ2n) is 5.67. The van der Waals surface area contributed by atoms with Gasteiger partial charge in [0.2, 0.25) is 11.8 Å². The topological polar surface area (TPSA) is 73.9 Å². The molecule has 24 heavy (non-hydrogen) atoms. The van der Waals surface area contributed by atoms with Crippen LogP contribution in [0.4, 0.5) is 5.69 Å². The quantitative estimate of drug-likeness (QED) is 0.738. The van der Waals surface area contributed by atoms with Gasteiger partial charge >= 0.3 is 0 Å². The minimum absolute atomic E-state index is 0.0356. The smallest absolute Gasteiger partial charge is 0.239 e. The monoisotopic (exact) mass is 334 g/mol. The molecule has 7 nitrogen and oxygen atoms in total. The molecule has 2 rings (SSSR count). The predicted molar refractivity (Wildman–Crippen MR) is 93.3 cm³/mol. The third-order valence-corrected chi connectivity index (χ3v) is 3.99. The molecule has 0 unspecified atom stereocenters. The van der Waals surface area contributed by atoms with Crippen molar-refractivity contribution in [3.8, 4) is 5.75 Å². The van der Waals surface area contributed by atoms with E-state index in [0.29, 0.717) is 13.1 Å². The standard InChI is InChI=1S/C17H26N4O3/c1-3-18-16(22)12-19-17(23)13-20-8-10-21(11-9-20)14-6-4-5-7-15(14)24-2/h4-7H,3,8-13H2,1-2H3,(H,18,22)(H,19,23). The van der Waals surface area contributed by atoms with E-state index in [9.17, 15) is 9.59 Å². The molecular formula is C17H26N4O3. The van der Waals surface area contributed by atoms with Crippen molar-refractivity contribution in [2.45, 2.75) is 6.92 Å². The van der Waals surface area contributed by atoms with Crippen molar-refractivity contribution in [1.82, 2.24) is 15.5 Å². The molecule has 0 bridgehead atoms. The summed E-state index contributed by atoms with van der Waals surface area (Å²) < 4.78 is 5.41. The lowest BCUT2D eigenvalue weighted by molar-refractivity contribution is -0.126. The van der Waals surface area contributed by atoms with Crippen molar-refractivity contribution < 1.29 is 14.3 Å². The van der Waals surface area contributed by atoms with E-state index in [0.717, 1.165) is 37.6 Å². The fourth-order valence-electron chi connectivity index (χ4n) is 2.74. The van der Waals surface area contributed by atoms with Crippen LogP contribution in [-0.4, -0.2) is 69.6 Å². The summed E-state index contributed by atoms with van der Waals surface area (Å²) in [6, 6.07) is 7.96. The maximum Gasteiger partial charge on any atom is 0.239 e. The summed E-state index contributed by atoms with van der Waals surface area (Å²) in [5.74, 6) is 0.587. The second kappa shape index (κ2) is 9.12. The number of carbonyl (C=O) groups is 2. The van der Waals surface area contributed by atoms with E-state index in [-0.39, 0.29) is 18.4 Å². The Labute approximate surface area is 142 Å². The van der Waals surface area contributed by atoms with Gasteiger partial charge in [0.05, 0.1) is 25.9 Å². The van der Waals surface area contributed by atoms with Crippen molar-refractivity contribution in [2.75, 3.05) is 57.8 Å². The molecule has 0 atom stereocenters. The van der Waals surface area contributed by atoms with Crippen LogP contribution in [-0.2, 0) is 9.59 Å². The van der Waals surface area contributed by atoms with Gasteiger partial charge in [0.15, 0.2) is 0 Å². The van der Waals surface area contributed by atoms with Gasteiger partial charge in [-0.1, -0.05) is 12.1 Å². The third-order valence-electron chi connectivity index (χ3n) is 3.99. The van der Waals surface area contributed by atoms with Crippen LogP contribution in [0.1, 0.15) is 6.92 Å². The number of hydrogen-bond donors (Lipinski definition) is 2. The molecule has 1 saturated heterocycles. The van der Waals surface area contributed by atoms with Gasteiger partial charge in [-0.05, 0) is 19.1 Å². The molecule has 0 aliphatic carbocycles. The zero-order valence-corrected chi connectivity index (χ0v) is 14.4. The average Bonchev–Trinajstić information content (AvgIpc) is 2.61. The highest BCUT2D eigenvalue weighted by Crippen LogP contribution is 2.28. The lowest BCUT2D eigenvalue weighted by Gasteiger charge is -2.36. The van der Waals surface area contributed by atoms with E-state index in [4.69, 9.17) is 4.74 Å². The number of piperazine rings is 1. The summed E-state index contributed by atoms with van der Waals surface area (Å²) in [5, 5.41) is 5.30. The summed E-state index contributed by atoms with van der Waals surface area (Å²) in [5.41, 5.74) is 1.08. The molecule has 1 aromatic carbocycles. The van der Waals surface area contributed by atoms with E-state index in [1.807, 2.05) is 31.2 Å². The Balaban J connectivity index is 1.76.